The molecule has 1 aliphatic rings. The summed E-state index contributed by atoms with van der Waals surface area (Å²) in [6, 6.07) is 10.4. The summed E-state index contributed by atoms with van der Waals surface area (Å²) in [7, 11) is 1.66. The summed E-state index contributed by atoms with van der Waals surface area (Å²) in [5.74, 6) is 0.439. The minimum Gasteiger partial charge on any atom is -0.478 e. The van der Waals surface area contributed by atoms with Crippen LogP contribution >= 0.6 is 0 Å². The summed E-state index contributed by atoms with van der Waals surface area (Å²) in [5.41, 5.74) is 0.792. The summed E-state index contributed by atoms with van der Waals surface area (Å²) in [6.07, 6.45) is 0.842. The van der Waals surface area contributed by atoms with Crippen molar-refractivity contribution in [3.8, 4) is 11.3 Å². The minimum absolute atomic E-state index is 0.0252. The first-order chi connectivity index (χ1) is 11.6. The molecule has 1 aromatic heterocycles. The largest absolute Gasteiger partial charge is 0.478 e. The molecule has 1 aromatic carbocycles. The second kappa shape index (κ2) is 6.88. The van der Waals surface area contributed by atoms with Crippen molar-refractivity contribution in [1.82, 2.24) is 10.2 Å². The first kappa shape index (κ1) is 16.3. The number of hydrogen-bond donors (Lipinski definition) is 2. The first-order valence-electron chi connectivity index (χ1n) is 7.94. The molecule has 2 heterocycles. The Hall–Kier alpha value is -2.60. The molecule has 0 saturated carbocycles. The van der Waals surface area contributed by atoms with Crippen LogP contribution < -0.4 is 5.32 Å². The smallest absolute Gasteiger partial charge is 0.336 e. The van der Waals surface area contributed by atoms with Gasteiger partial charge in [-0.05, 0) is 31.2 Å². The van der Waals surface area contributed by atoms with E-state index in [2.05, 4.69) is 10.2 Å². The highest BCUT2D eigenvalue weighted by Crippen LogP contribution is 2.27. The second-order valence-electron chi connectivity index (χ2n) is 5.95. The van der Waals surface area contributed by atoms with Crippen LogP contribution in [0, 0.1) is 5.92 Å². The quantitative estimate of drug-likeness (QED) is 0.879. The Morgan fingerprint density at radius 2 is 2.08 bits per heavy atom. The van der Waals surface area contributed by atoms with E-state index in [4.69, 9.17) is 4.42 Å². The predicted octanol–water partition coefficient (Wildman–Crippen LogP) is 2.21. The van der Waals surface area contributed by atoms with Gasteiger partial charge in [0.25, 0.3) is 0 Å². The number of likely N-dealkylation sites (tertiary alicyclic amines) is 1. The highest BCUT2D eigenvalue weighted by Gasteiger charge is 2.28. The molecule has 0 unspecified atom stereocenters. The maximum absolute atomic E-state index is 11.7. The van der Waals surface area contributed by atoms with Crippen LogP contribution in [0.1, 0.15) is 22.5 Å². The molecule has 0 spiro atoms. The number of rotatable bonds is 5. The fourth-order valence-electron chi connectivity index (χ4n) is 3.11. The van der Waals surface area contributed by atoms with Gasteiger partial charge in [-0.2, -0.15) is 0 Å². The lowest BCUT2D eigenvalue weighted by Gasteiger charge is -2.13. The Bertz CT molecular complexity index is 753. The van der Waals surface area contributed by atoms with Crippen LogP contribution in [0.3, 0.4) is 0 Å². The van der Waals surface area contributed by atoms with E-state index >= 15 is 0 Å². The van der Waals surface area contributed by atoms with Crippen LogP contribution in [-0.4, -0.2) is 42.0 Å². The van der Waals surface area contributed by atoms with Crippen LogP contribution in [0.5, 0.6) is 0 Å². The molecular formula is C18H20N2O4. The summed E-state index contributed by atoms with van der Waals surface area (Å²) < 4.78 is 5.84. The van der Waals surface area contributed by atoms with Crippen LogP contribution in [0.25, 0.3) is 11.3 Å². The van der Waals surface area contributed by atoms with Gasteiger partial charge < -0.3 is 14.8 Å². The molecule has 1 saturated heterocycles. The molecular weight excluding hydrogens is 308 g/mol. The number of carbonyl (C=O) groups excluding carboxylic acids is 1. The van der Waals surface area contributed by atoms with Crippen molar-refractivity contribution in [2.45, 2.75) is 13.0 Å². The van der Waals surface area contributed by atoms with Gasteiger partial charge in [-0.25, -0.2) is 4.79 Å². The van der Waals surface area contributed by atoms with Crippen molar-refractivity contribution in [2.75, 3.05) is 20.1 Å². The molecule has 126 valence electrons. The average molecular weight is 328 g/mol. The van der Waals surface area contributed by atoms with Gasteiger partial charge >= 0.3 is 5.97 Å². The van der Waals surface area contributed by atoms with E-state index in [1.54, 1.807) is 37.4 Å². The third kappa shape index (κ3) is 3.33. The number of carboxylic acids is 1. The van der Waals surface area contributed by atoms with Crippen LogP contribution in [0.15, 0.2) is 40.8 Å². The zero-order valence-electron chi connectivity index (χ0n) is 13.5. The molecule has 3 rings (SSSR count). The Morgan fingerprint density at radius 3 is 2.83 bits per heavy atom. The molecule has 0 radical (unpaired) electrons. The van der Waals surface area contributed by atoms with E-state index in [0.29, 0.717) is 24.4 Å². The number of carbonyl (C=O) groups is 2. The zero-order valence-corrected chi connectivity index (χ0v) is 13.5. The Kier molecular flexibility index (Phi) is 4.66. The number of nitrogens with zero attached hydrogens (tertiary/aromatic N) is 1. The lowest BCUT2D eigenvalue weighted by atomic mass is 10.1. The molecule has 2 aromatic rings. The van der Waals surface area contributed by atoms with Crippen molar-refractivity contribution >= 4 is 11.9 Å². The highest BCUT2D eigenvalue weighted by molar-refractivity contribution is 5.95. The van der Waals surface area contributed by atoms with Crippen LogP contribution in [-0.2, 0) is 11.3 Å². The monoisotopic (exact) mass is 328 g/mol. The Balaban J connectivity index is 1.71. The van der Waals surface area contributed by atoms with E-state index in [-0.39, 0.29) is 17.4 Å². The second-order valence-corrected chi connectivity index (χ2v) is 5.95. The van der Waals surface area contributed by atoms with E-state index < -0.39 is 5.97 Å². The topological polar surface area (TPSA) is 82.8 Å². The van der Waals surface area contributed by atoms with Crippen molar-refractivity contribution in [3.05, 3.63) is 47.7 Å². The van der Waals surface area contributed by atoms with Gasteiger partial charge in [0, 0.05) is 19.2 Å². The number of nitrogens with one attached hydrogen (secondary N) is 1. The summed E-state index contributed by atoms with van der Waals surface area (Å²) in [4.78, 5) is 25.2. The van der Waals surface area contributed by atoms with Crippen molar-refractivity contribution < 1.29 is 19.1 Å². The molecule has 6 nitrogen and oxygen atoms in total. The van der Waals surface area contributed by atoms with Crippen molar-refractivity contribution in [1.29, 1.82) is 0 Å². The molecule has 0 aliphatic carbocycles. The van der Waals surface area contributed by atoms with E-state index in [9.17, 15) is 14.7 Å². The van der Waals surface area contributed by atoms with E-state index in [1.807, 2.05) is 6.07 Å². The summed E-state index contributed by atoms with van der Waals surface area (Å²) in [5, 5.41) is 12.0. The molecule has 1 amide bonds. The summed E-state index contributed by atoms with van der Waals surface area (Å²) in [6.45, 7) is 2.17. The number of hydrogen-bond acceptors (Lipinski definition) is 4. The zero-order chi connectivity index (χ0) is 17.1. The molecule has 1 fully saturated rings. The first-order valence-corrected chi connectivity index (χ1v) is 7.94. The minimum atomic E-state index is -0.975. The number of carboxylic acid groups (broad SMARTS) is 1. The van der Waals surface area contributed by atoms with E-state index in [1.165, 1.54) is 0 Å². The van der Waals surface area contributed by atoms with Gasteiger partial charge in [-0.3, -0.25) is 9.69 Å². The van der Waals surface area contributed by atoms with Gasteiger partial charge in [-0.1, -0.05) is 18.2 Å². The molecule has 1 atom stereocenters. The molecule has 2 N–H and O–H groups in total. The third-order valence-corrected chi connectivity index (χ3v) is 4.35. The molecule has 6 heteroatoms. The number of furan rings is 1. The molecule has 0 bridgehead atoms. The number of amides is 1. The van der Waals surface area contributed by atoms with E-state index in [0.717, 1.165) is 18.7 Å². The maximum atomic E-state index is 11.7. The van der Waals surface area contributed by atoms with Crippen molar-refractivity contribution in [3.63, 3.8) is 0 Å². The Labute approximate surface area is 140 Å². The van der Waals surface area contributed by atoms with Crippen LogP contribution in [0.4, 0.5) is 0 Å². The fourth-order valence-corrected chi connectivity index (χ4v) is 3.11. The lowest BCUT2D eigenvalue weighted by molar-refractivity contribution is -0.124. The molecule has 24 heavy (non-hydrogen) atoms. The third-order valence-electron chi connectivity index (χ3n) is 4.35. The number of aromatic carboxylic acids is 1. The van der Waals surface area contributed by atoms with Gasteiger partial charge in [-0.15, -0.1) is 0 Å². The van der Waals surface area contributed by atoms with Gasteiger partial charge in [0.2, 0.25) is 5.91 Å². The van der Waals surface area contributed by atoms with Gasteiger partial charge in [0.1, 0.15) is 11.5 Å². The summed E-state index contributed by atoms with van der Waals surface area (Å²) >= 11 is 0. The highest BCUT2D eigenvalue weighted by atomic mass is 16.4. The standard InChI is InChI=1S/C18H20N2O4/c1-19-17(21)12-8-9-20(10-12)11-13-6-7-16(24-13)14-4-2-3-5-15(14)18(22)23/h2-7,12H,8-11H2,1H3,(H,19,21)(H,22,23)/t12-/m0/s1. The Morgan fingerprint density at radius 1 is 1.29 bits per heavy atom. The average Bonchev–Trinajstić information content (AvgIpc) is 3.24. The SMILES string of the molecule is CNC(=O)[C@H]1CCN(Cc2ccc(-c3ccccc3C(=O)O)o2)C1. The normalized spacial score (nSPS) is 17.8. The number of benzene rings is 1. The maximum Gasteiger partial charge on any atom is 0.336 e. The van der Waals surface area contributed by atoms with Gasteiger partial charge in [0.15, 0.2) is 0 Å². The lowest BCUT2D eigenvalue weighted by Crippen LogP contribution is -2.29. The van der Waals surface area contributed by atoms with Crippen LogP contribution in [0.2, 0.25) is 0 Å². The predicted molar refractivity (Wildman–Crippen MR) is 88.6 cm³/mol. The van der Waals surface area contributed by atoms with Gasteiger partial charge in [0.05, 0.1) is 18.0 Å². The fraction of sp³-hybridized carbons (Fsp3) is 0.333. The van der Waals surface area contributed by atoms with Crippen molar-refractivity contribution in [2.24, 2.45) is 5.92 Å². The molecule has 1 aliphatic heterocycles.